The Bertz CT molecular complexity index is 1220. The largest absolute Gasteiger partial charge is 0.487 e. The average Bonchev–Trinajstić information content (AvgIpc) is 3.04. The molecule has 3 amide bonds. The van der Waals surface area contributed by atoms with Gasteiger partial charge in [0.25, 0.3) is 11.1 Å². The third-order valence-electron chi connectivity index (χ3n) is 5.95. The molecule has 0 saturated carbocycles. The van der Waals surface area contributed by atoms with Crippen molar-refractivity contribution in [3.05, 3.63) is 69.1 Å². The van der Waals surface area contributed by atoms with Crippen molar-refractivity contribution < 1.29 is 29.0 Å². The number of nitrogens with zero attached hydrogens (tertiary/aromatic N) is 2. The molecule has 2 aromatic carbocycles. The molecular formula is C26H25ClN2O6S. The van der Waals surface area contributed by atoms with Crippen LogP contribution in [-0.2, 0) is 16.2 Å². The van der Waals surface area contributed by atoms with E-state index in [1.807, 2.05) is 0 Å². The van der Waals surface area contributed by atoms with Gasteiger partial charge in [0.1, 0.15) is 18.9 Å². The molecule has 0 aromatic heterocycles. The summed E-state index contributed by atoms with van der Waals surface area (Å²) in [5.41, 5.74) is 1.45. The molecular weight excluding hydrogens is 504 g/mol. The average molecular weight is 529 g/mol. The van der Waals surface area contributed by atoms with Crippen LogP contribution in [0.1, 0.15) is 47.2 Å². The zero-order chi connectivity index (χ0) is 25.7. The lowest BCUT2D eigenvalue weighted by Gasteiger charge is -2.22. The smallest absolute Gasteiger partial charge is 0.335 e. The molecule has 8 nitrogen and oxygen atoms in total. The number of ether oxygens (including phenoxy) is 1. The number of carboxylic acids is 1. The summed E-state index contributed by atoms with van der Waals surface area (Å²) >= 11 is 7.15. The molecule has 188 valence electrons. The number of amides is 3. The van der Waals surface area contributed by atoms with Gasteiger partial charge in [-0.2, -0.15) is 0 Å². The molecule has 0 unspecified atom stereocenters. The van der Waals surface area contributed by atoms with Crippen LogP contribution in [0, 0.1) is 0 Å². The quantitative estimate of drug-likeness (QED) is 0.501. The summed E-state index contributed by atoms with van der Waals surface area (Å²) in [6, 6.07) is 11.4. The van der Waals surface area contributed by atoms with Crippen LogP contribution in [0.4, 0.5) is 4.79 Å². The van der Waals surface area contributed by atoms with Crippen LogP contribution in [-0.4, -0.2) is 57.6 Å². The molecule has 0 aliphatic carbocycles. The highest BCUT2D eigenvalue weighted by atomic mass is 35.5. The summed E-state index contributed by atoms with van der Waals surface area (Å²) in [5, 5.41) is 8.95. The van der Waals surface area contributed by atoms with Crippen molar-refractivity contribution in [2.45, 2.75) is 32.3 Å². The second-order valence-electron chi connectivity index (χ2n) is 8.55. The Hall–Kier alpha value is -3.30. The van der Waals surface area contributed by atoms with Gasteiger partial charge < -0.3 is 14.7 Å². The monoisotopic (exact) mass is 528 g/mol. The lowest BCUT2D eigenvalue weighted by Crippen LogP contribution is -2.42. The minimum atomic E-state index is -1.02. The van der Waals surface area contributed by atoms with Gasteiger partial charge in [0.2, 0.25) is 5.91 Å². The molecule has 2 aliphatic rings. The Morgan fingerprint density at radius 2 is 1.81 bits per heavy atom. The van der Waals surface area contributed by atoms with E-state index in [-0.39, 0.29) is 29.5 Å². The van der Waals surface area contributed by atoms with E-state index in [1.54, 1.807) is 41.3 Å². The lowest BCUT2D eigenvalue weighted by molar-refractivity contribution is -0.135. The lowest BCUT2D eigenvalue weighted by atomic mass is 10.1. The van der Waals surface area contributed by atoms with Crippen LogP contribution in [0.25, 0.3) is 6.08 Å². The van der Waals surface area contributed by atoms with E-state index in [0.717, 1.165) is 42.3 Å². The van der Waals surface area contributed by atoms with Crippen molar-refractivity contribution in [3.8, 4) is 5.75 Å². The standard InChI is InChI=1S/C26H25ClN2O6S/c27-20-13-17(8-9-21(20)35-16-18-6-5-7-19(12-18)25(32)33)14-22-24(31)29(26(34)36-22)15-23(30)28-10-3-1-2-4-11-28/h5-9,12-14H,1-4,10-11,15-16H2,(H,32,33). The van der Waals surface area contributed by atoms with Crippen LogP contribution < -0.4 is 4.74 Å². The van der Waals surface area contributed by atoms with Crippen molar-refractivity contribution in [1.82, 2.24) is 9.80 Å². The number of rotatable bonds is 7. The number of carbonyl (C=O) groups is 4. The van der Waals surface area contributed by atoms with Crippen molar-refractivity contribution in [2.75, 3.05) is 19.6 Å². The Morgan fingerprint density at radius 1 is 1.06 bits per heavy atom. The van der Waals surface area contributed by atoms with Crippen molar-refractivity contribution in [1.29, 1.82) is 0 Å². The minimum Gasteiger partial charge on any atom is -0.487 e. The van der Waals surface area contributed by atoms with Crippen LogP contribution in [0.3, 0.4) is 0 Å². The van der Waals surface area contributed by atoms with Crippen LogP contribution >= 0.6 is 23.4 Å². The van der Waals surface area contributed by atoms with Crippen LogP contribution in [0.15, 0.2) is 47.4 Å². The van der Waals surface area contributed by atoms with E-state index in [2.05, 4.69) is 0 Å². The second kappa shape index (κ2) is 11.6. The molecule has 10 heteroatoms. The third-order valence-corrected chi connectivity index (χ3v) is 7.15. The van der Waals surface area contributed by atoms with E-state index in [1.165, 1.54) is 12.1 Å². The molecule has 2 aliphatic heterocycles. The van der Waals surface area contributed by atoms with Gasteiger partial charge in [-0.25, -0.2) is 4.79 Å². The molecule has 0 spiro atoms. The number of imide groups is 1. The fraction of sp³-hybridized carbons (Fsp3) is 0.308. The van der Waals surface area contributed by atoms with Crippen molar-refractivity contribution in [2.24, 2.45) is 0 Å². The first-order valence-electron chi connectivity index (χ1n) is 11.6. The van der Waals surface area contributed by atoms with E-state index in [4.69, 9.17) is 21.4 Å². The Labute approximate surface area is 217 Å². The van der Waals surface area contributed by atoms with Gasteiger partial charge in [-0.05, 0) is 66.1 Å². The van der Waals surface area contributed by atoms with Gasteiger partial charge in [0, 0.05) is 13.1 Å². The predicted octanol–water partition coefficient (Wildman–Crippen LogP) is 5.06. The molecule has 2 heterocycles. The normalized spacial score (nSPS) is 17.4. The SMILES string of the molecule is O=C(O)c1cccc(COc2ccc(C=C3SC(=O)N(CC(=O)N4CCCCCC4)C3=O)cc2Cl)c1. The first-order chi connectivity index (χ1) is 17.3. The summed E-state index contributed by atoms with van der Waals surface area (Å²) < 4.78 is 5.73. The zero-order valence-electron chi connectivity index (χ0n) is 19.4. The second-order valence-corrected chi connectivity index (χ2v) is 9.95. The van der Waals surface area contributed by atoms with Gasteiger partial charge in [-0.15, -0.1) is 0 Å². The van der Waals surface area contributed by atoms with Gasteiger partial charge in [0.15, 0.2) is 0 Å². The fourth-order valence-electron chi connectivity index (χ4n) is 4.02. The van der Waals surface area contributed by atoms with Gasteiger partial charge in [0.05, 0.1) is 15.5 Å². The maximum atomic E-state index is 12.8. The zero-order valence-corrected chi connectivity index (χ0v) is 21.0. The van der Waals surface area contributed by atoms with E-state index in [0.29, 0.717) is 35.0 Å². The predicted molar refractivity (Wildman–Crippen MR) is 137 cm³/mol. The Balaban J connectivity index is 1.40. The van der Waals surface area contributed by atoms with Crippen LogP contribution in [0.5, 0.6) is 5.75 Å². The van der Waals surface area contributed by atoms with Gasteiger partial charge in [-0.3, -0.25) is 19.3 Å². The molecule has 4 rings (SSSR count). The van der Waals surface area contributed by atoms with Gasteiger partial charge in [-0.1, -0.05) is 42.6 Å². The molecule has 2 saturated heterocycles. The Morgan fingerprint density at radius 3 is 2.50 bits per heavy atom. The minimum absolute atomic E-state index is 0.129. The molecule has 36 heavy (non-hydrogen) atoms. The maximum absolute atomic E-state index is 12.8. The molecule has 0 bridgehead atoms. The first-order valence-corrected chi connectivity index (χ1v) is 12.8. The highest BCUT2D eigenvalue weighted by molar-refractivity contribution is 8.18. The topological polar surface area (TPSA) is 104 Å². The van der Waals surface area contributed by atoms with Crippen molar-refractivity contribution in [3.63, 3.8) is 0 Å². The highest BCUT2D eigenvalue weighted by Gasteiger charge is 2.37. The maximum Gasteiger partial charge on any atom is 0.335 e. The molecule has 2 aromatic rings. The van der Waals surface area contributed by atoms with Crippen LogP contribution in [0.2, 0.25) is 5.02 Å². The van der Waals surface area contributed by atoms with E-state index >= 15 is 0 Å². The Kier molecular flexibility index (Phi) is 8.32. The van der Waals surface area contributed by atoms with Crippen molar-refractivity contribution >= 4 is 52.5 Å². The number of hydrogen-bond acceptors (Lipinski definition) is 6. The van der Waals surface area contributed by atoms with E-state index in [9.17, 15) is 19.2 Å². The summed E-state index contributed by atoms with van der Waals surface area (Å²) in [6.07, 6.45) is 5.59. The number of hydrogen-bond donors (Lipinski definition) is 1. The van der Waals surface area contributed by atoms with E-state index < -0.39 is 17.1 Å². The number of aromatic carboxylic acids is 1. The number of thioether (sulfide) groups is 1. The summed E-state index contributed by atoms with van der Waals surface area (Å²) in [6.45, 7) is 1.19. The highest BCUT2D eigenvalue weighted by Crippen LogP contribution is 2.34. The number of carbonyl (C=O) groups excluding carboxylic acids is 3. The molecule has 2 fully saturated rings. The third kappa shape index (κ3) is 6.27. The van der Waals surface area contributed by atoms with Gasteiger partial charge >= 0.3 is 5.97 Å². The first kappa shape index (κ1) is 25.8. The number of benzene rings is 2. The number of carboxylic acid groups (broad SMARTS) is 1. The molecule has 0 radical (unpaired) electrons. The molecule has 0 atom stereocenters. The molecule has 1 N–H and O–H groups in total. The fourth-order valence-corrected chi connectivity index (χ4v) is 5.10. The summed E-state index contributed by atoms with van der Waals surface area (Å²) in [7, 11) is 0. The summed E-state index contributed by atoms with van der Waals surface area (Å²) in [4.78, 5) is 52.0. The number of likely N-dealkylation sites (tertiary alicyclic amines) is 1. The summed E-state index contributed by atoms with van der Waals surface area (Å²) in [5.74, 6) is -1.33. The number of halogens is 1.